The molecule has 0 radical (unpaired) electrons. The van der Waals surface area contributed by atoms with Crippen LogP contribution in [0.4, 0.5) is 0 Å². The van der Waals surface area contributed by atoms with Crippen LogP contribution in [0, 0.1) is 0 Å². The van der Waals surface area contributed by atoms with Crippen LogP contribution in [0.3, 0.4) is 0 Å². The van der Waals surface area contributed by atoms with Crippen molar-refractivity contribution in [2.45, 2.75) is 0 Å². The molecule has 0 fully saturated rings. The van der Waals surface area contributed by atoms with E-state index in [1.165, 1.54) is 21.9 Å². The van der Waals surface area contributed by atoms with Crippen LogP contribution in [0.25, 0.3) is 123 Å². The van der Waals surface area contributed by atoms with Gasteiger partial charge < -0.3 is 9.13 Å². The maximum Gasteiger partial charge on any atom is 0.166 e. The van der Waals surface area contributed by atoms with Crippen LogP contribution in [0.15, 0.2) is 249 Å². The Bertz CT molecular complexity index is 3800. The van der Waals surface area contributed by atoms with Gasteiger partial charge in [0.2, 0.25) is 0 Å². The molecule has 0 saturated carbocycles. The molecule has 0 N–H and O–H groups in total. The van der Waals surface area contributed by atoms with Crippen LogP contribution in [-0.4, -0.2) is 24.1 Å². The van der Waals surface area contributed by atoms with E-state index in [0.29, 0.717) is 17.5 Å². The number of benzene rings is 10. The van der Waals surface area contributed by atoms with Crippen molar-refractivity contribution < 1.29 is 0 Å². The van der Waals surface area contributed by atoms with Crippen molar-refractivity contribution in [3.63, 3.8) is 0 Å². The molecule has 0 aliphatic carbocycles. The monoisotopic (exact) mass is 867 g/mol. The van der Waals surface area contributed by atoms with Gasteiger partial charge in [-0.2, -0.15) is 0 Å². The van der Waals surface area contributed by atoms with Gasteiger partial charge in [-0.15, -0.1) is 0 Å². The van der Waals surface area contributed by atoms with Gasteiger partial charge >= 0.3 is 0 Å². The van der Waals surface area contributed by atoms with Crippen molar-refractivity contribution in [1.29, 1.82) is 0 Å². The molecule has 3 heterocycles. The van der Waals surface area contributed by atoms with Crippen molar-refractivity contribution in [1.82, 2.24) is 24.1 Å². The van der Waals surface area contributed by atoms with E-state index in [9.17, 15) is 0 Å². The second-order valence-corrected chi connectivity index (χ2v) is 17.2. The summed E-state index contributed by atoms with van der Waals surface area (Å²) < 4.78 is 4.81. The van der Waals surface area contributed by atoms with Crippen molar-refractivity contribution in [3.8, 4) is 78.9 Å². The van der Waals surface area contributed by atoms with Crippen molar-refractivity contribution >= 4 is 43.6 Å². The predicted molar refractivity (Wildman–Crippen MR) is 281 cm³/mol. The maximum atomic E-state index is 5.39. The van der Waals surface area contributed by atoms with Gasteiger partial charge in [-0.25, -0.2) is 15.0 Å². The van der Waals surface area contributed by atoms with Crippen LogP contribution in [0.5, 0.6) is 0 Å². The number of para-hydroxylation sites is 3. The second kappa shape index (κ2) is 16.4. The molecule has 68 heavy (non-hydrogen) atoms. The molecule has 318 valence electrons. The lowest BCUT2D eigenvalue weighted by Gasteiger charge is -2.18. The molecular formula is C63H41N5. The summed E-state index contributed by atoms with van der Waals surface area (Å²) in [6, 6.07) is 88.3. The van der Waals surface area contributed by atoms with Crippen LogP contribution < -0.4 is 0 Å². The minimum atomic E-state index is 0.584. The first-order valence-corrected chi connectivity index (χ1v) is 23.0. The molecule has 13 aromatic rings. The number of aromatic nitrogens is 5. The molecule has 0 amide bonds. The predicted octanol–water partition coefficient (Wildman–Crippen LogP) is 16.1. The van der Waals surface area contributed by atoms with Crippen molar-refractivity contribution in [2.75, 3.05) is 0 Å². The standard InChI is InChI=1S/C63H41N5/c1-5-19-42(20-6-1)46-33-36-58-52(39-46)53-40-47(43-21-7-2-8-22-43)34-37-59(53)68(58)60-38-35-48(49-27-13-16-30-55(49)67-56-31-17-14-28-50(56)51-29-15-18-32-57(51)67)41-54(60)63-65-61(44-23-9-3-10-24-44)64-62(66-63)45-25-11-4-12-26-45/h1-41H. The molecule has 13 rings (SSSR count). The van der Waals surface area contributed by atoms with E-state index in [0.717, 1.165) is 83.2 Å². The van der Waals surface area contributed by atoms with Crippen LogP contribution >= 0.6 is 0 Å². The van der Waals surface area contributed by atoms with Gasteiger partial charge in [-0.05, 0) is 82.4 Å². The van der Waals surface area contributed by atoms with E-state index in [1.807, 2.05) is 36.4 Å². The first kappa shape index (κ1) is 39.2. The Labute approximate surface area is 393 Å². The fraction of sp³-hybridized carbons (Fsp3) is 0. The Morgan fingerprint density at radius 1 is 0.221 bits per heavy atom. The fourth-order valence-corrected chi connectivity index (χ4v) is 10.0. The topological polar surface area (TPSA) is 48.5 Å². The van der Waals surface area contributed by atoms with E-state index in [2.05, 4.69) is 221 Å². The lowest BCUT2D eigenvalue weighted by Crippen LogP contribution is -2.04. The third-order valence-electron chi connectivity index (χ3n) is 13.2. The van der Waals surface area contributed by atoms with Crippen LogP contribution in [0.1, 0.15) is 0 Å². The first-order valence-electron chi connectivity index (χ1n) is 23.0. The summed E-state index contributed by atoms with van der Waals surface area (Å²) in [4.78, 5) is 15.9. The SMILES string of the molecule is c1ccc(-c2ccc3c(c2)c2cc(-c4ccccc4)ccc2n3-c2ccc(-c3ccccc3-n3c4ccccc4c4ccccc43)cc2-c2nc(-c3ccccc3)nc(-c3ccccc3)n2)cc1. The maximum absolute atomic E-state index is 5.39. The fourth-order valence-electron chi connectivity index (χ4n) is 10.0. The number of rotatable bonds is 8. The van der Waals surface area contributed by atoms with E-state index < -0.39 is 0 Å². The highest BCUT2D eigenvalue weighted by Gasteiger charge is 2.23. The Balaban J connectivity index is 1.11. The molecule has 3 aromatic heterocycles. The minimum absolute atomic E-state index is 0.584. The zero-order valence-electron chi connectivity index (χ0n) is 36.9. The lowest BCUT2D eigenvalue weighted by molar-refractivity contribution is 1.06. The van der Waals surface area contributed by atoms with E-state index in [-0.39, 0.29) is 0 Å². The van der Waals surface area contributed by atoms with Gasteiger partial charge in [0.05, 0.1) is 33.4 Å². The lowest BCUT2D eigenvalue weighted by atomic mass is 9.99. The highest BCUT2D eigenvalue weighted by atomic mass is 15.1. The molecule has 5 nitrogen and oxygen atoms in total. The third kappa shape index (κ3) is 6.68. The van der Waals surface area contributed by atoms with Gasteiger partial charge in [-0.3, -0.25) is 0 Å². The molecule has 10 aromatic carbocycles. The molecular weight excluding hydrogens is 827 g/mol. The summed E-state index contributed by atoms with van der Waals surface area (Å²) in [5.41, 5.74) is 16.1. The summed E-state index contributed by atoms with van der Waals surface area (Å²) >= 11 is 0. The average molecular weight is 868 g/mol. The van der Waals surface area contributed by atoms with Gasteiger partial charge in [0.15, 0.2) is 17.5 Å². The zero-order valence-corrected chi connectivity index (χ0v) is 36.9. The summed E-state index contributed by atoms with van der Waals surface area (Å²) in [6.07, 6.45) is 0. The molecule has 5 heteroatoms. The average Bonchev–Trinajstić information content (AvgIpc) is 3.93. The van der Waals surface area contributed by atoms with Gasteiger partial charge in [0.25, 0.3) is 0 Å². The summed E-state index contributed by atoms with van der Waals surface area (Å²) in [7, 11) is 0. The molecule has 0 unspecified atom stereocenters. The number of hydrogen-bond acceptors (Lipinski definition) is 3. The number of fused-ring (bicyclic) bond motifs is 6. The summed E-state index contributed by atoms with van der Waals surface area (Å²) in [5, 5.41) is 4.77. The van der Waals surface area contributed by atoms with Crippen LogP contribution in [0.2, 0.25) is 0 Å². The van der Waals surface area contributed by atoms with E-state index in [4.69, 9.17) is 15.0 Å². The zero-order chi connectivity index (χ0) is 45.0. The van der Waals surface area contributed by atoms with Crippen molar-refractivity contribution in [2.24, 2.45) is 0 Å². The largest absolute Gasteiger partial charge is 0.309 e. The quantitative estimate of drug-likeness (QED) is 0.153. The Morgan fingerprint density at radius 3 is 1.12 bits per heavy atom. The van der Waals surface area contributed by atoms with Gasteiger partial charge in [-0.1, -0.05) is 194 Å². The molecule has 0 bridgehead atoms. The number of nitrogens with zero attached hydrogens (tertiary/aromatic N) is 5. The third-order valence-corrected chi connectivity index (χ3v) is 13.2. The Morgan fingerprint density at radius 2 is 0.603 bits per heavy atom. The van der Waals surface area contributed by atoms with Gasteiger partial charge in [0, 0.05) is 43.8 Å². The molecule has 0 spiro atoms. The Hall–Kier alpha value is -9.19. The van der Waals surface area contributed by atoms with E-state index >= 15 is 0 Å². The minimum Gasteiger partial charge on any atom is -0.309 e. The smallest absolute Gasteiger partial charge is 0.166 e. The Kier molecular flexibility index (Phi) is 9.43. The normalized spacial score (nSPS) is 11.5. The van der Waals surface area contributed by atoms with E-state index in [1.54, 1.807) is 0 Å². The summed E-state index contributed by atoms with van der Waals surface area (Å²) in [6.45, 7) is 0. The van der Waals surface area contributed by atoms with Gasteiger partial charge in [0.1, 0.15) is 0 Å². The summed E-state index contributed by atoms with van der Waals surface area (Å²) in [5.74, 6) is 1.80. The van der Waals surface area contributed by atoms with Crippen LogP contribution in [-0.2, 0) is 0 Å². The number of hydrogen-bond donors (Lipinski definition) is 0. The highest BCUT2D eigenvalue weighted by molar-refractivity contribution is 6.13. The highest BCUT2D eigenvalue weighted by Crippen LogP contribution is 2.42. The molecule has 0 saturated heterocycles. The van der Waals surface area contributed by atoms with Crippen molar-refractivity contribution in [3.05, 3.63) is 249 Å². The molecule has 0 aliphatic heterocycles. The molecule has 0 aliphatic rings. The second-order valence-electron chi connectivity index (χ2n) is 17.2. The first-order chi connectivity index (χ1) is 33.7. The molecule has 0 atom stereocenters.